The number of aromatic nitrogens is 1. The first kappa shape index (κ1) is 20.7. The molecule has 2 rings (SSSR count). The minimum atomic E-state index is -3.27. The highest BCUT2D eigenvalue weighted by molar-refractivity contribution is 7.90. The fourth-order valence-electron chi connectivity index (χ4n) is 2.84. The molecule has 0 aliphatic carbocycles. The molecule has 8 heteroatoms. The van der Waals surface area contributed by atoms with E-state index in [1.807, 2.05) is 0 Å². The molecule has 7 nitrogen and oxygen atoms in total. The van der Waals surface area contributed by atoms with E-state index in [1.165, 1.54) is 12.1 Å². The average Bonchev–Trinajstić information content (AvgIpc) is 2.89. The molecule has 0 aliphatic heterocycles. The van der Waals surface area contributed by atoms with Crippen LogP contribution in [0.4, 0.5) is 0 Å². The van der Waals surface area contributed by atoms with Crippen molar-refractivity contribution in [1.82, 2.24) is 10.3 Å². The number of sulfone groups is 1. The molecular weight excluding hydrogens is 368 g/mol. The van der Waals surface area contributed by atoms with E-state index in [0.29, 0.717) is 22.5 Å². The number of nitrogens with one attached hydrogen (secondary N) is 2. The van der Waals surface area contributed by atoms with Crippen LogP contribution in [0.1, 0.15) is 57.6 Å². The molecular formula is C19H24N2O5S. The molecule has 1 aromatic heterocycles. The number of rotatable bonds is 6. The van der Waals surface area contributed by atoms with Crippen molar-refractivity contribution in [2.75, 3.05) is 12.9 Å². The molecule has 0 saturated heterocycles. The van der Waals surface area contributed by atoms with Crippen LogP contribution in [-0.2, 0) is 14.6 Å². The van der Waals surface area contributed by atoms with Gasteiger partial charge in [-0.3, -0.25) is 4.79 Å². The van der Waals surface area contributed by atoms with Gasteiger partial charge in [0.15, 0.2) is 9.84 Å². The summed E-state index contributed by atoms with van der Waals surface area (Å²) in [6, 6.07) is 6.00. The Morgan fingerprint density at radius 1 is 1.19 bits per heavy atom. The number of hydrogen-bond donors (Lipinski definition) is 2. The van der Waals surface area contributed by atoms with Crippen LogP contribution in [-0.4, -0.2) is 38.1 Å². The van der Waals surface area contributed by atoms with Gasteiger partial charge in [0.1, 0.15) is 5.69 Å². The normalized spacial score (nSPS) is 12.5. The number of aromatic amines is 1. The monoisotopic (exact) mass is 392 g/mol. The largest absolute Gasteiger partial charge is 0.462 e. The molecule has 0 aliphatic rings. The second-order valence-electron chi connectivity index (χ2n) is 6.38. The first-order valence-corrected chi connectivity index (χ1v) is 10.4. The quantitative estimate of drug-likeness (QED) is 0.736. The van der Waals surface area contributed by atoms with Crippen LogP contribution >= 0.6 is 0 Å². The molecule has 0 radical (unpaired) electrons. The SMILES string of the molecule is CCOC(=O)c1c(C)[nH]c(C(=O)N[C@H](C)c2ccc(S(C)(=O)=O)cc2)c1C. The van der Waals surface area contributed by atoms with E-state index in [2.05, 4.69) is 10.3 Å². The van der Waals surface area contributed by atoms with Crippen molar-refractivity contribution in [3.63, 3.8) is 0 Å². The molecule has 27 heavy (non-hydrogen) atoms. The zero-order valence-electron chi connectivity index (χ0n) is 16.0. The molecule has 0 unspecified atom stereocenters. The van der Waals surface area contributed by atoms with Crippen molar-refractivity contribution in [2.45, 2.75) is 38.6 Å². The highest BCUT2D eigenvalue weighted by atomic mass is 32.2. The minimum absolute atomic E-state index is 0.222. The number of H-pyrrole nitrogens is 1. The lowest BCUT2D eigenvalue weighted by atomic mass is 10.1. The van der Waals surface area contributed by atoms with E-state index in [9.17, 15) is 18.0 Å². The van der Waals surface area contributed by atoms with E-state index in [0.717, 1.165) is 11.8 Å². The zero-order chi connectivity index (χ0) is 20.4. The first-order chi connectivity index (χ1) is 12.6. The molecule has 2 N–H and O–H groups in total. The van der Waals surface area contributed by atoms with Crippen LogP contribution < -0.4 is 5.32 Å². The lowest BCUT2D eigenvalue weighted by molar-refractivity contribution is 0.0525. The number of esters is 1. The summed E-state index contributed by atoms with van der Waals surface area (Å²) < 4.78 is 28.1. The van der Waals surface area contributed by atoms with Gasteiger partial charge in [-0.1, -0.05) is 12.1 Å². The number of amides is 1. The second kappa shape index (κ2) is 7.96. The van der Waals surface area contributed by atoms with E-state index in [-0.39, 0.29) is 23.5 Å². The van der Waals surface area contributed by atoms with Gasteiger partial charge in [-0.2, -0.15) is 0 Å². The summed E-state index contributed by atoms with van der Waals surface area (Å²) in [4.78, 5) is 27.9. The summed E-state index contributed by atoms with van der Waals surface area (Å²) in [6.07, 6.45) is 1.14. The molecule has 0 saturated carbocycles. The third kappa shape index (κ3) is 4.57. The van der Waals surface area contributed by atoms with Crippen molar-refractivity contribution in [3.05, 3.63) is 52.3 Å². The van der Waals surface area contributed by atoms with Gasteiger partial charge in [0, 0.05) is 11.9 Å². The van der Waals surface area contributed by atoms with E-state index < -0.39 is 15.8 Å². The number of carbonyl (C=O) groups is 2. The molecule has 0 fully saturated rings. The Labute approximate surface area is 159 Å². The maximum Gasteiger partial charge on any atom is 0.340 e. The van der Waals surface area contributed by atoms with Gasteiger partial charge in [-0.05, 0) is 51.0 Å². The fourth-order valence-corrected chi connectivity index (χ4v) is 3.47. The van der Waals surface area contributed by atoms with Crippen molar-refractivity contribution in [1.29, 1.82) is 0 Å². The molecule has 2 aromatic rings. The first-order valence-electron chi connectivity index (χ1n) is 8.53. The Kier molecular flexibility index (Phi) is 6.10. The van der Waals surface area contributed by atoms with Crippen LogP contribution in [0.5, 0.6) is 0 Å². The van der Waals surface area contributed by atoms with Gasteiger partial charge in [-0.25, -0.2) is 13.2 Å². The molecule has 1 aromatic carbocycles. The predicted molar refractivity (Wildman–Crippen MR) is 102 cm³/mol. The standard InChI is InChI=1S/C19H24N2O5S/c1-6-26-19(23)16-11(2)17(20-13(16)4)18(22)21-12(3)14-7-9-15(10-8-14)27(5,24)25/h7-10,12,20H,6H2,1-5H3,(H,21,22)/t12-/m1/s1. The van der Waals surface area contributed by atoms with Crippen molar-refractivity contribution in [2.24, 2.45) is 0 Å². The number of ether oxygens (including phenoxy) is 1. The minimum Gasteiger partial charge on any atom is -0.462 e. The molecule has 1 atom stereocenters. The van der Waals surface area contributed by atoms with Gasteiger partial charge in [-0.15, -0.1) is 0 Å². The van der Waals surface area contributed by atoms with E-state index >= 15 is 0 Å². The Balaban J connectivity index is 2.20. The van der Waals surface area contributed by atoms with E-state index in [4.69, 9.17) is 4.74 Å². The summed E-state index contributed by atoms with van der Waals surface area (Å²) in [5.74, 6) is -0.821. The van der Waals surface area contributed by atoms with Crippen molar-refractivity contribution >= 4 is 21.7 Å². The highest BCUT2D eigenvalue weighted by Gasteiger charge is 2.23. The van der Waals surface area contributed by atoms with Gasteiger partial charge >= 0.3 is 5.97 Å². The smallest absolute Gasteiger partial charge is 0.340 e. The lowest BCUT2D eigenvalue weighted by Crippen LogP contribution is -2.27. The summed E-state index contributed by atoms with van der Waals surface area (Å²) in [6.45, 7) is 7.18. The Hall–Kier alpha value is -2.61. The van der Waals surface area contributed by atoms with Gasteiger partial charge < -0.3 is 15.0 Å². The summed E-state index contributed by atoms with van der Waals surface area (Å²) in [7, 11) is -3.27. The maximum atomic E-state index is 12.6. The second-order valence-corrected chi connectivity index (χ2v) is 8.40. The lowest BCUT2D eigenvalue weighted by Gasteiger charge is -2.14. The number of aryl methyl sites for hydroxylation is 1. The predicted octanol–water partition coefficient (Wildman–Crippen LogP) is 2.70. The van der Waals surface area contributed by atoms with Crippen molar-refractivity contribution in [3.8, 4) is 0 Å². The van der Waals surface area contributed by atoms with Crippen LogP contribution in [0.15, 0.2) is 29.2 Å². The Bertz CT molecular complexity index is 959. The number of benzene rings is 1. The topological polar surface area (TPSA) is 105 Å². The zero-order valence-corrected chi connectivity index (χ0v) is 16.9. The fraction of sp³-hybridized carbons (Fsp3) is 0.368. The molecule has 1 amide bonds. The molecule has 146 valence electrons. The molecule has 0 bridgehead atoms. The third-order valence-electron chi connectivity index (χ3n) is 4.30. The van der Waals surface area contributed by atoms with Crippen molar-refractivity contribution < 1.29 is 22.7 Å². The summed E-state index contributed by atoms with van der Waals surface area (Å²) in [5, 5.41) is 2.85. The molecule has 1 heterocycles. The van der Waals surface area contributed by atoms with Crippen LogP contribution in [0.3, 0.4) is 0 Å². The number of hydrogen-bond acceptors (Lipinski definition) is 5. The van der Waals surface area contributed by atoms with Crippen LogP contribution in [0.25, 0.3) is 0 Å². The van der Waals surface area contributed by atoms with E-state index in [1.54, 1.807) is 39.8 Å². The van der Waals surface area contributed by atoms with Gasteiger partial charge in [0.05, 0.1) is 23.1 Å². The summed E-state index contributed by atoms with van der Waals surface area (Å²) in [5.41, 5.74) is 2.54. The molecule has 0 spiro atoms. The maximum absolute atomic E-state index is 12.6. The highest BCUT2D eigenvalue weighted by Crippen LogP contribution is 2.21. The third-order valence-corrected chi connectivity index (χ3v) is 5.43. The van der Waals surface area contributed by atoms with Crippen LogP contribution in [0, 0.1) is 13.8 Å². The van der Waals surface area contributed by atoms with Gasteiger partial charge in [0.25, 0.3) is 5.91 Å². The average molecular weight is 392 g/mol. The Morgan fingerprint density at radius 2 is 1.78 bits per heavy atom. The number of carbonyl (C=O) groups excluding carboxylic acids is 2. The van der Waals surface area contributed by atoms with Crippen LogP contribution in [0.2, 0.25) is 0 Å². The van der Waals surface area contributed by atoms with Gasteiger partial charge in [0.2, 0.25) is 0 Å². The summed E-state index contributed by atoms with van der Waals surface area (Å²) >= 11 is 0. The Morgan fingerprint density at radius 3 is 2.30 bits per heavy atom.